The molecule has 82 valence electrons. The smallest absolute Gasteiger partial charge is 0.119 e. The Kier molecular flexibility index (Phi) is 4.91. The minimum absolute atomic E-state index is 0.867. The van der Waals surface area contributed by atoms with E-state index in [1.54, 1.807) is 7.11 Å². The van der Waals surface area contributed by atoms with Crippen LogP contribution in [0.25, 0.3) is 6.08 Å². The van der Waals surface area contributed by atoms with Crippen molar-refractivity contribution in [2.24, 2.45) is 0 Å². The molecule has 0 saturated heterocycles. The molecule has 0 saturated carbocycles. The van der Waals surface area contributed by atoms with Crippen LogP contribution in [-0.2, 0) is 6.54 Å². The van der Waals surface area contributed by atoms with Crippen molar-refractivity contribution in [2.45, 2.75) is 19.9 Å². The van der Waals surface area contributed by atoms with Crippen LogP contribution >= 0.6 is 0 Å². The lowest BCUT2D eigenvalue weighted by atomic mass is 10.1. The summed E-state index contributed by atoms with van der Waals surface area (Å²) in [5, 5.41) is 3.37. The normalized spacial score (nSPS) is 10.0. The molecular formula is C13H19NO. The fourth-order valence-electron chi connectivity index (χ4n) is 1.46. The van der Waals surface area contributed by atoms with Crippen molar-refractivity contribution >= 4 is 6.08 Å². The summed E-state index contributed by atoms with van der Waals surface area (Å²) in [5.74, 6) is 0.897. The van der Waals surface area contributed by atoms with Gasteiger partial charge in [0.05, 0.1) is 7.11 Å². The van der Waals surface area contributed by atoms with Crippen molar-refractivity contribution in [2.75, 3.05) is 13.7 Å². The van der Waals surface area contributed by atoms with Gasteiger partial charge in [-0.1, -0.05) is 25.6 Å². The molecule has 0 aromatic heterocycles. The first-order valence-corrected chi connectivity index (χ1v) is 5.32. The molecule has 0 aliphatic rings. The number of rotatable bonds is 6. The summed E-state index contributed by atoms with van der Waals surface area (Å²) in [6, 6.07) is 6.05. The molecule has 0 bridgehead atoms. The Hall–Kier alpha value is -1.28. The van der Waals surface area contributed by atoms with Crippen LogP contribution in [0.1, 0.15) is 24.5 Å². The van der Waals surface area contributed by atoms with E-state index >= 15 is 0 Å². The molecule has 0 radical (unpaired) electrons. The van der Waals surface area contributed by atoms with Crippen molar-refractivity contribution in [3.63, 3.8) is 0 Å². The molecule has 1 aromatic rings. The summed E-state index contributed by atoms with van der Waals surface area (Å²) in [6.45, 7) is 7.87. The van der Waals surface area contributed by atoms with Gasteiger partial charge in [-0.15, -0.1) is 0 Å². The van der Waals surface area contributed by atoms with E-state index in [4.69, 9.17) is 4.74 Å². The lowest BCUT2D eigenvalue weighted by Gasteiger charge is -2.09. The third-order valence-corrected chi connectivity index (χ3v) is 2.31. The van der Waals surface area contributed by atoms with E-state index in [0.29, 0.717) is 0 Å². The molecule has 1 rings (SSSR count). The Morgan fingerprint density at radius 1 is 1.47 bits per heavy atom. The number of benzene rings is 1. The molecule has 2 nitrogen and oxygen atoms in total. The molecule has 0 spiro atoms. The Labute approximate surface area is 92.0 Å². The van der Waals surface area contributed by atoms with Gasteiger partial charge in [0.15, 0.2) is 0 Å². The topological polar surface area (TPSA) is 21.3 Å². The Balaban J connectivity index is 2.76. The number of nitrogens with one attached hydrogen (secondary N) is 1. The van der Waals surface area contributed by atoms with Gasteiger partial charge in [0.2, 0.25) is 0 Å². The first-order valence-electron chi connectivity index (χ1n) is 5.32. The van der Waals surface area contributed by atoms with Crippen molar-refractivity contribution in [1.82, 2.24) is 5.32 Å². The molecule has 0 atom stereocenters. The second kappa shape index (κ2) is 6.25. The largest absolute Gasteiger partial charge is 0.497 e. The van der Waals surface area contributed by atoms with Gasteiger partial charge < -0.3 is 10.1 Å². The molecule has 0 unspecified atom stereocenters. The van der Waals surface area contributed by atoms with Crippen LogP contribution in [0.4, 0.5) is 0 Å². The number of hydrogen-bond donors (Lipinski definition) is 1. The standard InChI is InChI=1S/C13H19NO/c1-4-8-14-10-12-9-13(15-3)7-6-11(12)5-2/h5-7,9,14H,2,4,8,10H2,1,3H3. The predicted molar refractivity (Wildman–Crippen MR) is 65.1 cm³/mol. The lowest BCUT2D eigenvalue weighted by molar-refractivity contribution is 0.414. The fraction of sp³-hybridized carbons (Fsp3) is 0.385. The minimum Gasteiger partial charge on any atom is -0.497 e. The van der Waals surface area contributed by atoms with Gasteiger partial charge in [0.25, 0.3) is 0 Å². The zero-order chi connectivity index (χ0) is 11.1. The van der Waals surface area contributed by atoms with Crippen LogP contribution in [0.5, 0.6) is 5.75 Å². The van der Waals surface area contributed by atoms with E-state index < -0.39 is 0 Å². The highest BCUT2D eigenvalue weighted by Gasteiger charge is 2.01. The van der Waals surface area contributed by atoms with Crippen LogP contribution in [-0.4, -0.2) is 13.7 Å². The molecule has 0 aliphatic heterocycles. The molecule has 15 heavy (non-hydrogen) atoms. The minimum atomic E-state index is 0.867. The maximum atomic E-state index is 5.20. The monoisotopic (exact) mass is 205 g/mol. The number of ether oxygens (including phenoxy) is 1. The Bertz CT molecular complexity index is 320. The predicted octanol–water partition coefficient (Wildman–Crippen LogP) is 2.84. The highest BCUT2D eigenvalue weighted by molar-refractivity contribution is 5.54. The summed E-state index contributed by atoms with van der Waals surface area (Å²) >= 11 is 0. The SMILES string of the molecule is C=Cc1ccc(OC)cc1CNCCC. The molecule has 1 N–H and O–H groups in total. The number of methoxy groups -OCH3 is 1. The highest BCUT2D eigenvalue weighted by Crippen LogP contribution is 2.18. The molecular weight excluding hydrogens is 186 g/mol. The van der Waals surface area contributed by atoms with Crippen molar-refractivity contribution in [3.8, 4) is 5.75 Å². The third-order valence-electron chi connectivity index (χ3n) is 2.31. The second-order valence-corrected chi connectivity index (χ2v) is 3.45. The third kappa shape index (κ3) is 3.40. The summed E-state index contributed by atoms with van der Waals surface area (Å²) in [5.41, 5.74) is 2.40. The van der Waals surface area contributed by atoms with Gasteiger partial charge in [-0.25, -0.2) is 0 Å². The molecule has 0 heterocycles. The van der Waals surface area contributed by atoms with E-state index in [9.17, 15) is 0 Å². The summed E-state index contributed by atoms with van der Waals surface area (Å²) in [6.07, 6.45) is 3.02. The second-order valence-electron chi connectivity index (χ2n) is 3.45. The van der Waals surface area contributed by atoms with Crippen LogP contribution < -0.4 is 10.1 Å². The zero-order valence-corrected chi connectivity index (χ0v) is 9.55. The highest BCUT2D eigenvalue weighted by atomic mass is 16.5. The van der Waals surface area contributed by atoms with Gasteiger partial charge in [0, 0.05) is 6.54 Å². The van der Waals surface area contributed by atoms with Crippen molar-refractivity contribution in [3.05, 3.63) is 35.9 Å². The molecule has 0 fully saturated rings. The van der Waals surface area contributed by atoms with Crippen LogP contribution in [0, 0.1) is 0 Å². The quantitative estimate of drug-likeness (QED) is 0.721. The average Bonchev–Trinajstić information content (AvgIpc) is 2.29. The maximum Gasteiger partial charge on any atom is 0.119 e. The van der Waals surface area contributed by atoms with E-state index in [1.165, 1.54) is 11.1 Å². The van der Waals surface area contributed by atoms with Crippen LogP contribution in [0.15, 0.2) is 24.8 Å². The lowest BCUT2D eigenvalue weighted by Crippen LogP contribution is -2.14. The summed E-state index contributed by atoms with van der Waals surface area (Å²) in [7, 11) is 1.69. The Morgan fingerprint density at radius 2 is 2.27 bits per heavy atom. The molecule has 0 aliphatic carbocycles. The average molecular weight is 205 g/mol. The van der Waals surface area contributed by atoms with Gasteiger partial charge in [-0.3, -0.25) is 0 Å². The first-order chi connectivity index (χ1) is 7.31. The zero-order valence-electron chi connectivity index (χ0n) is 9.55. The van der Waals surface area contributed by atoms with Crippen LogP contribution in [0.3, 0.4) is 0 Å². The summed E-state index contributed by atoms with van der Waals surface area (Å²) in [4.78, 5) is 0. The Morgan fingerprint density at radius 3 is 2.87 bits per heavy atom. The molecule has 2 heteroatoms. The van der Waals surface area contributed by atoms with Gasteiger partial charge in [0.1, 0.15) is 5.75 Å². The van der Waals surface area contributed by atoms with Gasteiger partial charge in [-0.05, 0) is 36.2 Å². The summed E-state index contributed by atoms with van der Waals surface area (Å²) < 4.78 is 5.20. The van der Waals surface area contributed by atoms with Crippen LogP contribution in [0.2, 0.25) is 0 Å². The number of hydrogen-bond acceptors (Lipinski definition) is 2. The molecule has 1 aromatic carbocycles. The van der Waals surface area contributed by atoms with E-state index in [-0.39, 0.29) is 0 Å². The molecule has 0 amide bonds. The maximum absolute atomic E-state index is 5.20. The van der Waals surface area contributed by atoms with E-state index in [0.717, 1.165) is 25.3 Å². The van der Waals surface area contributed by atoms with Gasteiger partial charge >= 0.3 is 0 Å². The fourth-order valence-corrected chi connectivity index (χ4v) is 1.46. The van der Waals surface area contributed by atoms with E-state index in [1.807, 2.05) is 18.2 Å². The van der Waals surface area contributed by atoms with Crippen molar-refractivity contribution in [1.29, 1.82) is 0 Å². The van der Waals surface area contributed by atoms with E-state index in [2.05, 4.69) is 24.9 Å². The van der Waals surface area contributed by atoms with Crippen molar-refractivity contribution < 1.29 is 4.74 Å². The first kappa shape index (κ1) is 11.8. The van der Waals surface area contributed by atoms with Gasteiger partial charge in [-0.2, -0.15) is 0 Å².